The second-order valence-corrected chi connectivity index (χ2v) is 5.78. The normalized spacial score (nSPS) is 10.9. The molecule has 0 aliphatic heterocycles. The van der Waals surface area contributed by atoms with E-state index in [0.717, 1.165) is 0 Å². The first-order chi connectivity index (χ1) is 10.0. The lowest BCUT2D eigenvalue weighted by atomic mass is 10.1. The van der Waals surface area contributed by atoms with Gasteiger partial charge in [-0.25, -0.2) is 9.07 Å². The fraction of sp³-hybridized carbons (Fsp3) is 0.333. The zero-order valence-corrected chi connectivity index (χ0v) is 13.5. The first-order valence-electron chi connectivity index (χ1n) is 6.75. The van der Waals surface area contributed by atoms with Crippen molar-refractivity contribution in [2.75, 3.05) is 11.9 Å². The first kappa shape index (κ1) is 15.7. The van der Waals surface area contributed by atoms with Crippen LogP contribution in [0.25, 0.3) is 0 Å². The average molecular weight is 354 g/mol. The standard InChI is InChI=1S/C15H17BrFN3O/c1-10(2)20-15(21)14(16)13(9-19-20)18-8-7-11-5-3-4-6-12(11)17/h3-6,9-10,18H,7-8H2,1-2H3. The van der Waals surface area contributed by atoms with E-state index in [1.54, 1.807) is 24.4 Å². The Kier molecular flexibility index (Phi) is 5.12. The van der Waals surface area contributed by atoms with Crippen molar-refractivity contribution in [2.45, 2.75) is 26.3 Å². The number of rotatable bonds is 5. The van der Waals surface area contributed by atoms with Gasteiger partial charge in [0, 0.05) is 6.54 Å². The summed E-state index contributed by atoms with van der Waals surface area (Å²) in [6.45, 7) is 4.31. The Morgan fingerprint density at radius 2 is 2.10 bits per heavy atom. The van der Waals surface area contributed by atoms with Crippen LogP contribution in [0.4, 0.5) is 10.1 Å². The summed E-state index contributed by atoms with van der Waals surface area (Å²) in [4.78, 5) is 12.1. The predicted molar refractivity (Wildman–Crippen MR) is 85.2 cm³/mol. The Bertz CT molecular complexity index is 685. The van der Waals surface area contributed by atoms with E-state index >= 15 is 0 Å². The minimum absolute atomic E-state index is 0.00117. The fourth-order valence-electron chi connectivity index (χ4n) is 1.97. The van der Waals surface area contributed by atoms with E-state index < -0.39 is 0 Å². The topological polar surface area (TPSA) is 46.9 Å². The van der Waals surface area contributed by atoms with Crippen molar-refractivity contribution in [2.24, 2.45) is 0 Å². The van der Waals surface area contributed by atoms with Crippen LogP contribution in [0.2, 0.25) is 0 Å². The van der Waals surface area contributed by atoms with E-state index in [0.29, 0.717) is 28.7 Å². The second kappa shape index (κ2) is 6.85. The highest BCUT2D eigenvalue weighted by atomic mass is 79.9. The molecular weight excluding hydrogens is 337 g/mol. The first-order valence-corrected chi connectivity index (χ1v) is 7.54. The van der Waals surface area contributed by atoms with Gasteiger partial charge < -0.3 is 5.32 Å². The molecule has 2 aromatic rings. The van der Waals surface area contributed by atoms with Gasteiger partial charge in [0.15, 0.2) is 0 Å². The number of nitrogens with zero attached hydrogens (tertiary/aromatic N) is 2. The van der Waals surface area contributed by atoms with Gasteiger partial charge >= 0.3 is 0 Å². The molecule has 1 aromatic heterocycles. The Balaban J connectivity index is 2.06. The third-order valence-corrected chi connectivity index (χ3v) is 3.87. The summed E-state index contributed by atoms with van der Waals surface area (Å²) in [5.41, 5.74) is 1.08. The molecule has 4 nitrogen and oxygen atoms in total. The predicted octanol–water partition coefficient (Wildman–Crippen LogP) is 3.38. The van der Waals surface area contributed by atoms with Gasteiger partial charge in [-0.05, 0) is 47.8 Å². The van der Waals surface area contributed by atoms with Gasteiger partial charge in [-0.2, -0.15) is 5.10 Å². The molecule has 0 fully saturated rings. The molecule has 0 atom stereocenters. The van der Waals surface area contributed by atoms with E-state index in [9.17, 15) is 9.18 Å². The molecule has 0 bridgehead atoms. The van der Waals surface area contributed by atoms with Gasteiger partial charge in [0.05, 0.1) is 17.9 Å². The molecule has 6 heteroatoms. The molecule has 0 saturated carbocycles. The number of hydrogen-bond donors (Lipinski definition) is 1. The lowest BCUT2D eigenvalue weighted by Crippen LogP contribution is -2.26. The SMILES string of the molecule is CC(C)n1ncc(NCCc2ccccc2F)c(Br)c1=O. The van der Waals surface area contributed by atoms with E-state index in [-0.39, 0.29) is 17.4 Å². The molecule has 0 aliphatic carbocycles. The summed E-state index contributed by atoms with van der Waals surface area (Å²) in [5.74, 6) is -0.216. The van der Waals surface area contributed by atoms with E-state index in [1.807, 2.05) is 13.8 Å². The van der Waals surface area contributed by atoms with Crippen LogP contribution in [-0.4, -0.2) is 16.3 Å². The van der Waals surface area contributed by atoms with Crippen LogP contribution in [0.15, 0.2) is 39.7 Å². The Labute approximate surface area is 131 Å². The highest BCUT2D eigenvalue weighted by molar-refractivity contribution is 9.10. The molecule has 1 N–H and O–H groups in total. The molecule has 1 heterocycles. The quantitative estimate of drug-likeness (QED) is 0.896. The second-order valence-electron chi connectivity index (χ2n) is 4.98. The molecule has 21 heavy (non-hydrogen) atoms. The van der Waals surface area contributed by atoms with Crippen molar-refractivity contribution in [1.82, 2.24) is 9.78 Å². The maximum Gasteiger partial charge on any atom is 0.283 e. The van der Waals surface area contributed by atoms with Crippen molar-refractivity contribution in [3.05, 3.63) is 56.7 Å². The van der Waals surface area contributed by atoms with Crippen molar-refractivity contribution in [3.8, 4) is 0 Å². The van der Waals surface area contributed by atoms with Crippen LogP contribution < -0.4 is 10.9 Å². The zero-order chi connectivity index (χ0) is 15.4. The summed E-state index contributed by atoms with van der Waals surface area (Å²) >= 11 is 3.29. The van der Waals surface area contributed by atoms with Crippen LogP contribution in [0.5, 0.6) is 0 Å². The third kappa shape index (κ3) is 3.69. The van der Waals surface area contributed by atoms with Crippen LogP contribution in [0, 0.1) is 5.82 Å². The molecule has 0 aliphatic rings. The highest BCUT2D eigenvalue weighted by Crippen LogP contribution is 2.17. The fourth-order valence-corrected chi connectivity index (χ4v) is 2.39. The Hall–Kier alpha value is -1.69. The highest BCUT2D eigenvalue weighted by Gasteiger charge is 2.10. The van der Waals surface area contributed by atoms with Crippen LogP contribution in [-0.2, 0) is 6.42 Å². The minimum atomic E-state index is -0.216. The Morgan fingerprint density at radius 1 is 1.38 bits per heavy atom. The van der Waals surface area contributed by atoms with Gasteiger partial charge in [-0.15, -0.1) is 0 Å². The summed E-state index contributed by atoms with van der Waals surface area (Å²) < 4.78 is 15.4. The van der Waals surface area contributed by atoms with Gasteiger partial charge in [0.2, 0.25) is 0 Å². The van der Waals surface area contributed by atoms with Crippen molar-refractivity contribution in [1.29, 1.82) is 0 Å². The summed E-state index contributed by atoms with van der Waals surface area (Å²) in [7, 11) is 0. The smallest absolute Gasteiger partial charge is 0.283 e. The van der Waals surface area contributed by atoms with Crippen LogP contribution in [0.3, 0.4) is 0 Å². The van der Waals surface area contributed by atoms with E-state index in [1.165, 1.54) is 10.7 Å². The van der Waals surface area contributed by atoms with Crippen LogP contribution >= 0.6 is 15.9 Å². The minimum Gasteiger partial charge on any atom is -0.382 e. The van der Waals surface area contributed by atoms with Crippen LogP contribution in [0.1, 0.15) is 25.5 Å². The van der Waals surface area contributed by atoms with Gasteiger partial charge in [-0.3, -0.25) is 4.79 Å². The number of nitrogens with one attached hydrogen (secondary N) is 1. The maximum atomic E-state index is 13.5. The number of aromatic nitrogens is 2. The van der Waals surface area contributed by atoms with Crippen molar-refractivity contribution in [3.63, 3.8) is 0 Å². The lowest BCUT2D eigenvalue weighted by Gasteiger charge is -2.12. The largest absolute Gasteiger partial charge is 0.382 e. The third-order valence-electron chi connectivity index (χ3n) is 3.10. The molecule has 0 amide bonds. The lowest BCUT2D eigenvalue weighted by molar-refractivity contribution is 0.501. The molecular formula is C15H17BrFN3O. The molecule has 1 aromatic carbocycles. The maximum absolute atomic E-state index is 13.5. The van der Waals surface area contributed by atoms with Crippen molar-refractivity contribution < 1.29 is 4.39 Å². The molecule has 2 rings (SSSR count). The summed E-state index contributed by atoms with van der Waals surface area (Å²) in [5, 5.41) is 7.23. The summed E-state index contributed by atoms with van der Waals surface area (Å²) in [6.07, 6.45) is 2.14. The van der Waals surface area contributed by atoms with Gasteiger partial charge in [0.25, 0.3) is 5.56 Å². The van der Waals surface area contributed by atoms with Gasteiger partial charge in [-0.1, -0.05) is 18.2 Å². The summed E-state index contributed by atoms with van der Waals surface area (Å²) in [6, 6.07) is 6.66. The number of benzene rings is 1. The molecule has 0 radical (unpaired) electrons. The molecule has 0 unspecified atom stereocenters. The zero-order valence-electron chi connectivity index (χ0n) is 11.9. The average Bonchev–Trinajstić information content (AvgIpc) is 2.45. The molecule has 0 saturated heterocycles. The number of anilines is 1. The van der Waals surface area contributed by atoms with Gasteiger partial charge in [0.1, 0.15) is 10.3 Å². The van der Waals surface area contributed by atoms with Crippen molar-refractivity contribution >= 4 is 21.6 Å². The van der Waals surface area contributed by atoms with E-state index in [4.69, 9.17) is 0 Å². The Morgan fingerprint density at radius 3 is 2.76 bits per heavy atom. The number of hydrogen-bond acceptors (Lipinski definition) is 3. The molecule has 0 spiro atoms. The number of halogens is 2. The molecule has 112 valence electrons. The monoisotopic (exact) mass is 353 g/mol. The van der Waals surface area contributed by atoms with E-state index in [2.05, 4.69) is 26.3 Å².